The highest BCUT2D eigenvalue weighted by molar-refractivity contribution is 5.99. The second-order valence-electron chi connectivity index (χ2n) is 9.02. The molecule has 7 heteroatoms. The highest BCUT2D eigenvalue weighted by Crippen LogP contribution is 2.44. The minimum Gasteiger partial charge on any atom is -0.507 e. The Morgan fingerprint density at radius 2 is 1.49 bits per heavy atom. The summed E-state index contributed by atoms with van der Waals surface area (Å²) in [5, 5.41) is 41.0. The normalized spacial score (nSPS) is 11.4. The van der Waals surface area contributed by atoms with Crippen LogP contribution in [0.4, 0.5) is 11.4 Å². The van der Waals surface area contributed by atoms with Crippen LogP contribution in [0, 0.1) is 20.8 Å². The van der Waals surface area contributed by atoms with E-state index in [0.29, 0.717) is 16.5 Å². The molecule has 1 heterocycles. The number of azo groups is 1. The highest BCUT2D eigenvalue weighted by Gasteiger charge is 2.21. The Morgan fingerprint density at radius 1 is 0.757 bits per heavy atom. The van der Waals surface area contributed by atoms with Gasteiger partial charge in [-0.15, -0.1) is 10.2 Å². The fourth-order valence-electron chi connectivity index (χ4n) is 4.43. The molecule has 5 rings (SSSR count). The van der Waals surface area contributed by atoms with Gasteiger partial charge >= 0.3 is 5.97 Å². The van der Waals surface area contributed by atoms with Crippen molar-refractivity contribution in [3.05, 3.63) is 101 Å². The maximum absolute atomic E-state index is 12.0. The molecule has 3 N–H and O–H groups in total. The fourth-order valence-corrected chi connectivity index (χ4v) is 4.43. The molecule has 0 aliphatic heterocycles. The van der Waals surface area contributed by atoms with Crippen LogP contribution in [0.25, 0.3) is 27.7 Å². The van der Waals surface area contributed by atoms with Gasteiger partial charge in [0.05, 0.1) is 11.1 Å². The van der Waals surface area contributed by atoms with E-state index in [2.05, 4.69) is 10.2 Å². The zero-order valence-corrected chi connectivity index (χ0v) is 20.6. The molecule has 0 atom stereocenters. The molecule has 1 aromatic heterocycles. The van der Waals surface area contributed by atoms with Crippen molar-refractivity contribution in [1.82, 2.24) is 4.57 Å². The average molecular weight is 492 g/mol. The lowest BCUT2D eigenvalue weighted by atomic mass is 9.99. The molecule has 0 aliphatic rings. The van der Waals surface area contributed by atoms with E-state index < -0.39 is 5.97 Å². The third-order valence-corrected chi connectivity index (χ3v) is 6.53. The minimum atomic E-state index is -1.18. The first-order valence-corrected chi connectivity index (χ1v) is 11.7. The Hall–Kier alpha value is -4.91. The predicted octanol–water partition coefficient (Wildman–Crippen LogP) is 7.75. The third-order valence-electron chi connectivity index (χ3n) is 6.53. The van der Waals surface area contributed by atoms with E-state index in [0.717, 1.165) is 27.9 Å². The monoisotopic (exact) mass is 491 g/mol. The van der Waals surface area contributed by atoms with Crippen LogP contribution in [-0.4, -0.2) is 25.9 Å². The van der Waals surface area contributed by atoms with Crippen LogP contribution in [-0.2, 0) is 0 Å². The largest absolute Gasteiger partial charge is 0.507 e. The Bertz CT molecular complexity index is 1720. The predicted molar refractivity (Wildman–Crippen MR) is 144 cm³/mol. The number of phenols is 1. The zero-order chi connectivity index (χ0) is 26.3. The topological polar surface area (TPSA) is 107 Å². The van der Waals surface area contributed by atoms with Crippen LogP contribution < -0.4 is 0 Å². The molecule has 0 aliphatic carbocycles. The molecule has 0 unspecified atom stereocenters. The molecule has 37 heavy (non-hydrogen) atoms. The lowest BCUT2D eigenvalue weighted by molar-refractivity contribution is 0.0697. The number of hydrogen-bond acceptors (Lipinski definition) is 5. The number of carboxylic acids is 1. The summed E-state index contributed by atoms with van der Waals surface area (Å²) in [6.45, 7) is 6.01. The Kier molecular flexibility index (Phi) is 5.97. The van der Waals surface area contributed by atoms with Crippen molar-refractivity contribution in [2.45, 2.75) is 20.8 Å². The number of aromatic carboxylic acids is 1. The minimum absolute atomic E-state index is 0.00819. The second kappa shape index (κ2) is 9.28. The first kappa shape index (κ1) is 23.8. The van der Waals surface area contributed by atoms with Crippen molar-refractivity contribution in [2.75, 3.05) is 0 Å². The average Bonchev–Trinajstić information content (AvgIpc) is 3.14. The summed E-state index contributed by atoms with van der Waals surface area (Å²) in [6, 6.07) is 23.0. The van der Waals surface area contributed by atoms with Gasteiger partial charge in [0, 0.05) is 22.2 Å². The Balaban J connectivity index is 1.74. The number of carbonyl (C=O) groups is 1. The quantitative estimate of drug-likeness (QED) is 0.218. The Labute approximate surface area is 213 Å². The van der Waals surface area contributed by atoms with Gasteiger partial charge in [-0.05, 0) is 67.8 Å². The number of para-hydroxylation sites is 1. The second-order valence-corrected chi connectivity index (χ2v) is 9.02. The van der Waals surface area contributed by atoms with Crippen molar-refractivity contribution in [3.63, 3.8) is 0 Å². The highest BCUT2D eigenvalue weighted by atomic mass is 16.4. The van der Waals surface area contributed by atoms with Crippen molar-refractivity contribution in [2.24, 2.45) is 10.2 Å². The number of fused-ring (bicyclic) bond motifs is 1. The molecule has 184 valence electrons. The summed E-state index contributed by atoms with van der Waals surface area (Å²) in [6.07, 6.45) is 0. The summed E-state index contributed by atoms with van der Waals surface area (Å²) in [4.78, 5) is 12.0. The molecular weight excluding hydrogens is 466 g/mol. The molecule has 0 saturated heterocycles. The van der Waals surface area contributed by atoms with E-state index in [1.165, 1.54) is 12.1 Å². The number of carboxylic acid groups (broad SMARTS) is 1. The summed E-state index contributed by atoms with van der Waals surface area (Å²) in [5.74, 6) is -1.29. The number of hydrogen-bond donors (Lipinski definition) is 3. The van der Waals surface area contributed by atoms with Gasteiger partial charge in [-0.25, -0.2) is 4.79 Å². The zero-order valence-electron chi connectivity index (χ0n) is 20.6. The van der Waals surface area contributed by atoms with Crippen LogP contribution >= 0.6 is 0 Å². The number of aromatic hydroxyl groups is 2. The summed E-state index contributed by atoms with van der Waals surface area (Å²) >= 11 is 0. The lowest BCUT2D eigenvalue weighted by Gasteiger charge is -2.10. The number of nitrogens with zero attached hydrogens (tertiary/aromatic N) is 3. The van der Waals surface area contributed by atoms with Crippen LogP contribution in [0.15, 0.2) is 89.1 Å². The van der Waals surface area contributed by atoms with Gasteiger partial charge in [0.1, 0.15) is 11.4 Å². The van der Waals surface area contributed by atoms with E-state index in [9.17, 15) is 20.1 Å². The fraction of sp³-hybridized carbons (Fsp3) is 0.100. The van der Waals surface area contributed by atoms with Crippen molar-refractivity contribution >= 4 is 28.2 Å². The molecule has 7 nitrogen and oxygen atoms in total. The molecule has 0 amide bonds. The van der Waals surface area contributed by atoms with E-state index in [-0.39, 0.29) is 28.6 Å². The maximum Gasteiger partial charge on any atom is 0.337 e. The molecule has 4 aromatic carbocycles. The van der Waals surface area contributed by atoms with E-state index in [4.69, 9.17) is 0 Å². The molecule has 0 radical (unpaired) electrons. The van der Waals surface area contributed by atoms with Crippen LogP contribution in [0.3, 0.4) is 0 Å². The number of aromatic nitrogens is 1. The van der Waals surface area contributed by atoms with E-state index in [1.54, 1.807) is 34.9 Å². The van der Waals surface area contributed by atoms with Gasteiger partial charge in [-0.2, -0.15) is 0 Å². The summed E-state index contributed by atoms with van der Waals surface area (Å²) in [7, 11) is 0. The molecular formula is C30H25N3O4. The number of phenolic OH excluding ortho intramolecular Hbond substituents is 1. The number of benzene rings is 4. The number of aryl methyl sites for hydroxylation is 3. The van der Waals surface area contributed by atoms with Crippen molar-refractivity contribution in [3.8, 4) is 28.4 Å². The van der Waals surface area contributed by atoms with E-state index >= 15 is 0 Å². The standard InChI is InChI=1S/C30H25N3O4/c1-17-11-14-23-25(15-17)33(20-13-12-18(2)19(3)16-20)29(35)28(23)32-31-27-22(8-6-9-24(27)30(36)37)21-7-4-5-10-26(21)34/h4-16,34-35H,1-3H3,(H,36,37). The Morgan fingerprint density at radius 3 is 2.22 bits per heavy atom. The molecule has 5 aromatic rings. The van der Waals surface area contributed by atoms with E-state index in [1.807, 2.05) is 57.2 Å². The van der Waals surface area contributed by atoms with Gasteiger partial charge in [0.25, 0.3) is 0 Å². The van der Waals surface area contributed by atoms with Crippen molar-refractivity contribution < 1.29 is 20.1 Å². The molecule has 0 fully saturated rings. The van der Waals surface area contributed by atoms with Crippen molar-refractivity contribution in [1.29, 1.82) is 0 Å². The smallest absolute Gasteiger partial charge is 0.337 e. The van der Waals surface area contributed by atoms with Crippen LogP contribution in [0.2, 0.25) is 0 Å². The first-order valence-electron chi connectivity index (χ1n) is 11.7. The maximum atomic E-state index is 12.0. The van der Waals surface area contributed by atoms with Gasteiger partial charge < -0.3 is 15.3 Å². The summed E-state index contributed by atoms with van der Waals surface area (Å²) in [5.41, 5.74) is 5.82. The van der Waals surface area contributed by atoms with Crippen LogP contribution in [0.5, 0.6) is 11.6 Å². The third kappa shape index (κ3) is 4.21. The SMILES string of the molecule is Cc1ccc2c(N=Nc3c(C(=O)O)cccc3-c3ccccc3O)c(O)n(-c3ccc(C)c(C)c3)c2c1. The molecule has 0 bridgehead atoms. The number of rotatable bonds is 5. The van der Waals surface area contributed by atoms with Gasteiger partial charge in [-0.1, -0.05) is 48.5 Å². The van der Waals surface area contributed by atoms with Gasteiger partial charge in [-0.3, -0.25) is 4.57 Å². The molecule has 0 saturated carbocycles. The first-order chi connectivity index (χ1) is 17.8. The summed E-state index contributed by atoms with van der Waals surface area (Å²) < 4.78 is 1.72. The van der Waals surface area contributed by atoms with Crippen LogP contribution in [0.1, 0.15) is 27.0 Å². The van der Waals surface area contributed by atoms with Gasteiger partial charge in [0.2, 0.25) is 5.88 Å². The lowest BCUT2D eigenvalue weighted by Crippen LogP contribution is -1.97. The molecule has 0 spiro atoms. The van der Waals surface area contributed by atoms with Gasteiger partial charge in [0.15, 0.2) is 5.69 Å².